The second-order valence-corrected chi connectivity index (χ2v) is 2.99. The van der Waals surface area contributed by atoms with Crippen LogP contribution < -0.4 is 5.32 Å². The fraction of sp³-hybridized carbons (Fsp3) is 0. The fourth-order valence-corrected chi connectivity index (χ4v) is 1.32. The van der Waals surface area contributed by atoms with Crippen molar-refractivity contribution in [2.75, 3.05) is 5.32 Å². The highest BCUT2D eigenvalue weighted by Crippen LogP contribution is 2.25. The van der Waals surface area contributed by atoms with Crippen LogP contribution in [0.1, 0.15) is 0 Å². The van der Waals surface area contributed by atoms with Gasteiger partial charge in [0.1, 0.15) is 5.58 Å². The van der Waals surface area contributed by atoms with Crippen LogP contribution >= 0.6 is 11.6 Å². The van der Waals surface area contributed by atoms with E-state index >= 15 is 0 Å². The third kappa shape index (κ3) is 1.51. The Kier molecular flexibility index (Phi) is 1.94. The number of hydrogen-bond acceptors (Lipinski definition) is 2. The minimum absolute atomic E-state index is 0.423. The zero-order valence-electron chi connectivity index (χ0n) is 6.58. The van der Waals surface area contributed by atoms with E-state index in [9.17, 15) is 4.79 Å². The summed E-state index contributed by atoms with van der Waals surface area (Å²) in [6, 6.07) is 6.98. The first-order valence-corrected chi connectivity index (χ1v) is 4.06. The predicted molar refractivity (Wildman–Crippen MR) is 50.9 cm³/mol. The number of anilines is 1. The molecule has 3 nitrogen and oxygen atoms in total. The first-order chi connectivity index (χ1) is 6.29. The van der Waals surface area contributed by atoms with Gasteiger partial charge in [0, 0.05) is 16.5 Å². The molecule has 0 saturated carbocycles. The molecule has 2 aromatic rings. The van der Waals surface area contributed by atoms with Crippen molar-refractivity contribution in [3.05, 3.63) is 29.3 Å². The van der Waals surface area contributed by atoms with Crippen LogP contribution in [-0.2, 0) is 4.79 Å². The molecule has 0 atom stereocenters. The number of furan rings is 1. The molecule has 0 aliphatic rings. The molecule has 0 bridgehead atoms. The number of fused-ring (bicyclic) bond motifs is 1. The Labute approximate surface area is 79.3 Å². The summed E-state index contributed by atoms with van der Waals surface area (Å²) < 4.78 is 5.26. The first-order valence-electron chi connectivity index (χ1n) is 3.69. The fourth-order valence-electron chi connectivity index (χ4n) is 1.14. The summed E-state index contributed by atoms with van der Waals surface area (Å²) in [5.41, 5.74) is 0.703. The Hall–Kier alpha value is -1.48. The Morgan fingerprint density at radius 3 is 3.00 bits per heavy atom. The maximum Gasteiger partial charge on any atom is 0.213 e. The lowest BCUT2D eigenvalue weighted by atomic mass is 10.2. The van der Waals surface area contributed by atoms with Gasteiger partial charge in [0.2, 0.25) is 12.3 Å². The molecule has 1 amide bonds. The zero-order chi connectivity index (χ0) is 9.26. The van der Waals surface area contributed by atoms with E-state index in [1.807, 2.05) is 0 Å². The van der Waals surface area contributed by atoms with Gasteiger partial charge in [0.05, 0.1) is 0 Å². The Morgan fingerprint density at radius 1 is 1.38 bits per heavy atom. The van der Waals surface area contributed by atoms with E-state index < -0.39 is 0 Å². The van der Waals surface area contributed by atoms with Crippen LogP contribution in [0.25, 0.3) is 11.0 Å². The number of benzene rings is 1. The minimum Gasteiger partial charge on any atom is -0.440 e. The number of carbonyl (C=O) groups is 1. The van der Waals surface area contributed by atoms with Crippen LogP contribution in [-0.4, -0.2) is 6.41 Å². The quantitative estimate of drug-likeness (QED) is 0.749. The van der Waals surface area contributed by atoms with Crippen LogP contribution in [0.2, 0.25) is 5.02 Å². The van der Waals surface area contributed by atoms with E-state index in [1.54, 1.807) is 24.3 Å². The number of nitrogens with one attached hydrogen (secondary N) is 1. The third-order valence-electron chi connectivity index (χ3n) is 1.68. The molecule has 66 valence electrons. The number of amides is 1. The minimum atomic E-state index is 0.423. The number of halogens is 1. The highest BCUT2D eigenvalue weighted by molar-refractivity contribution is 6.31. The van der Waals surface area contributed by atoms with Crippen LogP contribution in [0.15, 0.2) is 28.7 Å². The topological polar surface area (TPSA) is 42.2 Å². The van der Waals surface area contributed by atoms with Crippen molar-refractivity contribution in [1.82, 2.24) is 0 Å². The highest BCUT2D eigenvalue weighted by atomic mass is 35.5. The monoisotopic (exact) mass is 195 g/mol. The number of rotatable bonds is 2. The summed E-state index contributed by atoms with van der Waals surface area (Å²) in [5.74, 6) is 0.423. The predicted octanol–water partition coefficient (Wildman–Crippen LogP) is 2.65. The molecule has 4 heteroatoms. The van der Waals surface area contributed by atoms with Gasteiger partial charge in [0.15, 0.2) is 0 Å². The zero-order valence-corrected chi connectivity index (χ0v) is 7.34. The Balaban J connectivity index is 2.55. The number of carbonyl (C=O) groups excluding carboxylic acids is 1. The van der Waals surface area contributed by atoms with Crippen molar-refractivity contribution >= 4 is 34.9 Å². The SMILES string of the molecule is O=CNc1cc2cc(Cl)ccc2o1. The lowest BCUT2D eigenvalue weighted by molar-refractivity contribution is -0.105. The molecule has 0 spiro atoms. The van der Waals surface area contributed by atoms with Gasteiger partial charge in [-0.3, -0.25) is 10.1 Å². The molecular formula is C9H6ClNO2. The van der Waals surface area contributed by atoms with Gasteiger partial charge >= 0.3 is 0 Å². The maximum absolute atomic E-state index is 10.1. The van der Waals surface area contributed by atoms with Gasteiger partial charge in [-0.25, -0.2) is 0 Å². The summed E-state index contributed by atoms with van der Waals surface area (Å²) in [6.45, 7) is 0. The van der Waals surface area contributed by atoms with Crippen molar-refractivity contribution in [2.45, 2.75) is 0 Å². The molecule has 0 unspecified atom stereocenters. The molecule has 2 rings (SSSR count). The lowest BCUT2D eigenvalue weighted by Crippen LogP contribution is -1.89. The van der Waals surface area contributed by atoms with Crippen molar-refractivity contribution in [3.63, 3.8) is 0 Å². The summed E-state index contributed by atoms with van der Waals surface area (Å²) >= 11 is 5.77. The Bertz CT molecular complexity index is 450. The molecular weight excluding hydrogens is 190 g/mol. The molecule has 0 saturated heterocycles. The van der Waals surface area contributed by atoms with E-state index in [-0.39, 0.29) is 0 Å². The van der Waals surface area contributed by atoms with Crippen molar-refractivity contribution in [3.8, 4) is 0 Å². The first kappa shape index (κ1) is 8.13. The van der Waals surface area contributed by atoms with E-state index in [0.717, 1.165) is 5.39 Å². The second kappa shape index (κ2) is 3.11. The summed E-state index contributed by atoms with van der Waals surface area (Å²) in [4.78, 5) is 10.1. The molecule has 0 aliphatic heterocycles. The van der Waals surface area contributed by atoms with Gasteiger partial charge in [-0.15, -0.1) is 0 Å². The van der Waals surface area contributed by atoms with Crippen LogP contribution in [0, 0.1) is 0 Å². The van der Waals surface area contributed by atoms with Crippen molar-refractivity contribution in [2.24, 2.45) is 0 Å². The number of hydrogen-bond donors (Lipinski definition) is 1. The summed E-state index contributed by atoms with van der Waals surface area (Å²) in [5, 5.41) is 3.94. The molecule has 1 aromatic heterocycles. The Morgan fingerprint density at radius 2 is 2.23 bits per heavy atom. The van der Waals surface area contributed by atoms with Gasteiger partial charge in [-0.05, 0) is 18.2 Å². The molecule has 1 aromatic carbocycles. The van der Waals surface area contributed by atoms with E-state index in [4.69, 9.17) is 16.0 Å². The normalized spacial score (nSPS) is 10.2. The van der Waals surface area contributed by atoms with Gasteiger partial charge < -0.3 is 4.42 Å². The van der Waals surface area contributed by atoms with E-state index in [2.05, 4.69) is 5.32 Å². The molecule has 0 aliphatic carbocycles. The molecule has 13 heavy (non-hydrogen) atoms. The highest BCUT2D eigenvalue weighted by Gasteiger charge is 2.02. The van der Waals surface area contributed by atoms with Crippen LogP contribution in [0.4, 0.5) is 5.88 Å². The van der Waals surface area contributed by atoms with Gasteiger partial charge in [0.25, 0.3) is 0 Å². The third-order valence-corrected chi connectivity index (χ3v) is 1.91. The molecule has 1 N–H and O–H groups in total. The van der Waals surface area contributed by atoms with Crippen molar-refractivity contribution in [1.29, 1.82) is 0 Å². The smallest absolute Gasteiger partial charge is 0.213 e. The maximum atomic E-state index is 10.1. The van der Waals surface area contributed by atoms with E-state index in [1.165, 1.54) is 0 Å². The van der Waals surface area contributed by atoms with E-state index in [0.29, 0.717) is 22.9 Å². The molecule has 0 fully saturated rings. The second-order valence-electron chi connectivity index (χ2n) is 2.55. The van der Waals surface area contributed by atoms with Crippen LogP contribution in [0.5, 0.6) is 0 Å². The standard InChI is InChI=1S/C9H6ClNO2/c10-7-1-2-8-6(3-7)4-9(13-8)11-5-12/h1-5H,(H,11,12). The lowest BCUT2D eigenvalue weighted by Gasteiger charge is -1.88. The van der Waals surface area contributed by atoms with Gasteiger partial charge in [-0.2, -0.15) is 0 Å². The van der Waals surface area contributed by atoms with Gasteiger partial charge in [-0.1, -0.05) is 11.6 Å². The summed E-state index contributed by atoms with van der Waals surface area (Å²) in [7, 11) is 0. The molecule has 1 heterocycles. The summed E-state index contributed by atoms with van der Waals surface area (Å²) in [6.07, 6.45) is 0.569. The van der Waals surface area contributed by atoms with Crippen molar-refractivity contribution < 1.29 is 9.21 Å². The molecule has 0 radical (unpaired) electrons. The average Bonchev–Trinajstić information content (AvgIpc) is 2.46. The average molecular weight is 196 g/mol. The largest absolute Gasteiger partial charge is 0.440 e. The van der Waals surface area contributed by atoms with Crippen LogP contribution in [0.3, 0.4) is 0 Å².